The van der Waals surface area contributed by atoms with Crippen LogP contribution in [-0.4, -0.2) is 66.1 Å². The number of carbonyl (C=O) groups is 2. The summed E-state index contributed by atoms with van der Waals surface area (Å²) in [6, 6.07) is 15.8. The summed E-state index contributed by atoms with van der Waals surface area (Å²) in [7, 11) is 0. The lowest BCUT2D eigenvalue weighted by Gasteiger charge is -2.32. The number of benzene rings is 2. The lowest BCUT2D eigenvalue weighted by Crippen LogP contribution is -2.44. The number of hydrogen-bond donors (Lipinski definition) is 2. The van der Waals surface area contributed by atoms with E-state index in [0.29, 0.717) is 19.8 Å². The summed E-state index contributed by atoms with van der Waals surface area (Å²) < 4.78 is 17.4. The standard InChI is InChI=1S/C20H24ClNO3.C2H2O4/c1-2-23-19-5-3-4-6-20(19)25-15-18-14-22(11-12-24-18)13-16-7-9-17(21)10-8-16;3-1(4)2(5)6/h3-10,18H,2,11-15H2,1H3;(H,3,4)(H,5,6). The van der Waals surface area contributed by atoms with E-state index in [0.717, 1.165) is 36.2 Å². The van der Waals surface area contributed by atoms with Crippen molar-refractivity contribution in [2.75, 3.05) is 32.9 Å². The van der Waals surface area contributed by atoms with Crippen LogP contribution < -0.4 is 9.47 Å². The molecule has 1 aliphatic rings. The molecule has 0 aliphatic carbocycles. The Kier molecular flexibility index (Phi) is 10.1. The lowest BCUT2D eigenvalue weighted by atomic mass is 10.2. The molecule has 0 spiro atoms. The zero-order chi connectivity index (χ0) is 22.6. The molecule has 0 amide bonds. The summed E-state index contributed by atoms with van der Waals surface area (Å²) >= 11 is 5.95. The topological polar surface area (TPSA) is 106 Å². The van der Waals surface area contributed by atoms with E-state index in [1.165, 1.54) is 5.56 Å². The maximum atomic E-state index is 9.10. The van der Waals surface area contributed by atoms with Gasteiger partial charge in [-0.15, -0.1) is 0 Å². The zero-order valence-corrected chi connectivity index (χ0v) is 18.0. The van der Waals surface area contributed by atoms with Gasteiger partial charge < -0.3 is 24.4 Å². The lowest BCUT2D eigenvalue weighted by molar-refractivity contribution is -0.159. The number of rotatable bonds is 7. The molecular formula is C22H26ClNO7. The Labute approximate surface area is 185 Å². The third-order valence-corrected chi connectivity index (χ3v) is 4.55. The van der Waals surface area contributed by atoms with E-state index in [-0.39, 0.29) is 6.10 Å². The number of carboxylic acids is 2. The summed E-state index contributed by atoms with van der Waals surface area (Å²) in [5, 5.41) is 15.6. The highest BCUT2D eigenvalue weighted by Crippen LogP contribution is 2.26. The van der Waals surface area contributed by atoms with E-state index in [9.17, 15) is 0 Å². The van der Waals surface area contributed by atoms with Gasteiger partial charge in [0.1, 0.15) is 12.7 Å². The maximum Gasteiger partial charge on any atom is 0.414 e. The smallest absolute Gasteiger partial charge is 0.414 e. The zero-order valence-electron chi connectivity index (χ0n) is 17.2. The third-order valence-electron chi connectivity index (χ3n) is 4.30. The van der Waals surface area contributed by atoms with Crippen molar-refractivity contribution in [1.82, 2.24) is 4.90 Å². The van der Waals surface area contributed by atoms with Crippen LogP contribution in [0.25, 0.3) is 0 Å². The molecular weight excluding hydrogens is 426 g/mol. The van der Waals surface area contributed by atoms with Gasteiger partial charge in [0.2, 0.25) is 0 Å². The van der Waals surface area contributed by atoms with Gasteiger partial charge in [-0.1, -0.05) is 35.9 Å². The highest BCUT2D eigenvalue weighted by atomic mass is 35.5. The van der Waals surface area contributed by atoms with Gasteiger partial charge in [0.15, 0.2) is 11.5 Å². The summed E-state index contributed by atoms with van der Waals surface area (Å²) in [6.07, 6.45) is 0.0516. The van der Waals surface area contributed by atoms with Crippen LogP contribution in [0.2, 0.25) is 5.02 Å². The second-order valence-electron chi connectivity index (χ2n) is 6.66. The first-order valence-corrected chi connectivity index (χ1v) is 10.2. The van der Waals surface area contributed by atoms with Gasteiger partial charge in [-0.2, -0.15) is 0 Å². The van der Waals surface area contributed by atoms with Crippen molar-refractivity contribution in [3.63, 3.8) is 0 Å². The first-order valence-electron chi connectivity index (χ1n) is 9.78. The fourth-order valence-corrected chi connectivity index (χ4v) is 3.03. The van der Waals surface area contributed by atoms with Crippen molar-refractivity contribution < 1.29 is 34.0 Å². The van der Waals surface area contributed by atoms with Crippen LogP contribution in [0, 0.1) is 0 Å². The molecule has 168 valence electrons. The van der Waals surface area contributed by atoms with E-state index in [1.54, 1.807) is 0 Å². The molecule has 1 heterocycles. The van der Waals surface area contributed by atoms with E-state index >= 15 is 0 Å². The Bertz CT molecular complexity index is 832. The first kappa shape index (κ1) is 24.5. The van der Waals surface area contributed by atoms with Crippen LogP contribution in [-0.2, 0) is 20.9 Å². The molecule has 2 aromatic carbocycles. The summed E-state index contributed by atoms with van der Waals surface area (Å²) in [6.45, 7) is 6.49. The Balaban J connectivity index is 0.000000501. The average Bonchev–Trinajstić information content (AvgIpc) is 2.76. The van der Waals surface area contributed by atoms with Gasteiger partial charge >= 0.3 is 11.9 Å². The van der Waals surface area contributed by atoms with E-state index in [2.05, 4.69) is 17.0 Å². The minimum atomic E-state index is -1.82. The number of aliphatic carboxylic acids is 2. The predicted molar refractivity (Wildman–Crippen MR) is 115 cm³/mol. The van der Waals surface area contributed by atoms with Crippen LogP contribution in [0.1, 0.15) is 12.5 Å². The van der Waals surface area contributed by atoms with Gasteiger partial charge in [0.05, 0.1) is 13.2 Å². The molecule has 0 aromatic heterocycles. The fourth-order valence-electron chi connectivity index (χ4n) is 2.90. The van der Waals surface area contributed by atoms with Crippen molar-refractivity contribution in [3.8, 4) is 11.5 Å². The van der Waals surface area contributed by atoms with Crippen molar-refractivity contribution in [2.45, 2.75) is 19.6 Å². The number of para-hydroxylation sites is 2. The molecule has 1 unspecified atom stereocenters. The quantitative estimate of drug-likeness (QED) is 0.618. The average molecular weight is 452 g/mol. The molecule has 0 bridgehead atoms. The molecule has 1 atom stereocenters. The normalized spacial score (nSPS) is 16.0. The van der Waals surface area contributed by atoms with Crippen molar-refractivity contribution in [3.05, 3.63) is 59.1 Å². The van der Waals surface area contributed by atoms with Gasteiger partial charge in [0, 0.05) is 24.7 Å². The predicted octanol–water partition coefficient (Wildman–Crippen LogP) is 3.17. The van der Waals surface area contributed by atoms with Gasteiger partial charge in [-0.05, 0) is 36.8 Å². The van der Waals surface area contributed by atoms with Crippen molar-refractivity contribution >= 4 is 23.5 Å². The SMILES string of the molecule is CCOc1ccccc1OCC1CN(Cc2ccc(Cl)cc2)CCO1.O=C(O)C(=O)O. The van der Waals surface area contributed by atoms with Crippen LogP contribution in [0.5, 0.6) is 11.5 Å². The first-order chi connectivity index (χ1) is 14.9. The minimum absolute atomic E-state index is 0.0516. The maximum absolute atomic E-state index is 9.10. The second-order valence-corrected chi connectivity index (χ2v) is 7.09. The largest absolute Gasteiger partial charge is 0.490 e. The Morgan fingerprint density at radius 1 is 1.06 bits per heavy atom. The molecule has 1 saturated heterocycles. The number of halogens is 1. The fraction of sp³-hybridized carbons (Fsp3) is 0.364. The molecule has 0 radical (unpaired) electrons. The summed E-state index contributed by atoms with van der Waals surface area (Å²) in [5.74, 6) is -2.10. The van der Waals surface area contributed by atoms with Gasteiger partial charge in [0.25, 0.3) is 0 Å². The minimum Gasteiger partial charge on any atom is -0.490 e. The Morgan fingerprint density at radius 2 is 1.68 bits per heavy atom. The van der Waals surface area contributed by atoms with Crippen LogP contribution >= 0.6 is 11.6 Å². The number of ether oxygens (including phenoxy) is 3. The van der Waals surface area contributed by atoms with E-state index in [4.69, 9.17) is 45.6 Å². The summed E-state index contributed by atoms with van der Waals surface area (Å²) in [4.78, 5) is 20.6. The highest BCUT2D eigenvalue weighted by molar-refractivity contribution is 6.30. The Morgan fingerprint density at radius 3 is 2.26 bits per heavy atom. The third kappa shape index (κ3) is 8.84. The van der Waals surface area contributed by atoms with Crippen LogP contribution in [0.3, 0.4) is 0 Å². The van der Waals surface area contributed by atoms with E-state index in [1.807, 2.05) is 43.3 Å². The van der Waals surface area contributed by atoms with Crippen LogP contribution in [0.4, 0.5) is 0 Å². The molecule has 1 aliphatic heterocycles. The molecule has 9 heteroatoms. The number of hydrogen-bond acceptors (Lipinski definition) is 6. The molecule has 8 nitrogen and oxygen atoms in total. The second kappa shape index (κ2) is 12.8. The molecule has 2 N–H and O–H groups in total. The molecule has 2 aromatic rings. The monoisotopic (exact) mass is 451 g/mol. The molecule has 3 rings (SSSR count). The highest BCUT2D eigenvalue weighted by Gasteiger charge is 2.21. The number of carboxylic acid groups (broad SMARTS) is 2. The molecule has 0 saturated carbocycles. The van der Waals surface area contributed by atoms with Crippen LogP contribution in [0.15, 0.2) is 48.5 Å². The van der Waals surface area contributed by atoms with Crippen molar-refractivity contribution in [1.29, 1.82) is 0 Å². The van der Waals surface area contributed by atoms with Crippen molar-refractivity contribution in [2.24, 2.45) is 0 Å². The number of morpholine rings is 1. The van der Waals surface area contributed by atoms with Gasteiger partial charge in [-0.3, -0.25) is 4.90 Å². The van der Waals surface area contributed by atoms with Gasteiger partial charge in [-0.25, -0.2) is 9.59 Å². The Hall–Kier alpha value is -2.81. The number of nitrogens with zero attached hydrogens (tertiary/aromatic N) is 1. The molecule has 1 fully saturated rings. The summed E-state index contributed by atoms with van der Waals surface area (Å²) in [5.41, 5.74) is 1.26. The van der Waals surface area contributed by atoms with E-state index < -0.39 is 11.9 Å². The molecule has 31 heavy (non-hydrogen) atoms.